The molecule has 5 nitrogen and oxygen atoms in total. The van der Waals surface area contributed by atoms with Crippen molar-refractivity contribution in [2.75, 3.05) is 24.3 Å². The topological polar surface area (TPSA) is 59.5 Å². The number of pyridine rings is 1. The zero-order valence-corrected chi connectivity index (χ0v) is 12.7. The molecule has 2 heterocycles. The summed E-state index contributed by atoms with van der Waals surface area (Å²) in [6, 6.07) is 1.82. The summed E-state index contributed by atoms with van der Waals surface area (Å²) in [6.07, 6.45) is 2.16. The largest absolute Gasteiger partial charge is 0.481 e. The van der Waals surface area contributed by atoms with Gasteiger partial charge in [-0.15, -0.1) is 0 Å². The van der Waals surface area contributed by atoms with Crippen molar-refractivity contribution in [2.45, 2.75) is 20.3 Å². The van der Waals surface area contributed by atoms with Crippen molar-refractivity contribution in [3.63, 3.8) is 0 Å². The van der Waals surface area contributed by atoms with E-state index >= 15 is 0 Å². The molecule has 1 unspecified atom stereocenters. The van der Waals surface area contributed by atoms with E-state index in [0.29, 0.717) is 24.6 Å². The van der Waals surface area contributed by atoms with Crippen molar-refractivity contribution in [1.29, 1.82) is 0 Å². The lowest BCUT2D eigenvalue weighted by Crippen LogP contribution is -2.25. The van der Waals surface area contributed by atoms with E-state index < -0.39 is 0 Å². The Bertz CT molecular complexity index is 533. The Morgan fingerprint density at radius 1 is 1.60 bits per heavy atom. The smallest absolute Gasteiger partial charge is 0.227 e. The van der Waals surface area contributed by atoms with E-state index in [1.165, 1.54) is 11.8 Å². The second-order valence-corrected chi connectivity index (χ2v) is 6.09. The number of nitrogens with zero attached hydrogens (tertiary/aromatic N) is 2. The summed E-state index contributed by atoms with van der Waals surface area (Å²) in [7, 11) is 1.57. The van der Waals surface area contributed by atoms with Gasteiger partial charge in [-0.3, -0.25) is 9.59 Å². The molecule has 1 aliphatic rings. The second-order valence-electron chi connectivity index (χ2n) is 4.89. The summed E-state index contributed by atoms with van der Waals surface area (Å²) >= 11 is 1.28. The number of hydrogen-bond donors (Lipinski definition) is 0. The highest BCUT2D eigenvalue weighted by molar-refractivity contribution is 8.13. The van der Waals surface area contributed by atoms with E-state index in [4.69, 9.17) is 4.74 Å². The number of aromatic nitrogens is 1. The molecule has 1 fully saturated rings. The molecule has 6 heteroatoms. The van der Waals surface area contributed by atoms with Crippen LogP contribution in [0.2, 0.25) is 0 Å². The highest BCUT2D eigenvalue weighted by Gasteiger charge is 2.31. The summed E-state index contributed by atoms with van der Waals surface area (Å²) in [5, 5.41) is 0.0955. The van der Waals surface area contributed by atoms with Crippen LogP contribution in [0, 0.1) is 12.8 Å². The van der Waals surface area contributed by atoms with E-state index in [0.717, 1.165) is 11.3 Å². The molecule has 0 N–H and O–H groups in total. The molecular formula is C14H18N2O3S. The van der Waals surface area contributed by atoms with Crippen LogP contribution in [0.3, 0.4) is 0 Å². The standard InChI is InChI=1S/C14H18N2O3S/c1-9-4-13(19-3)15-6-12(9)16-7-11(5-14(16)18)8-20-10(2)17/h4,6,11H,5,7-8H2,1-3H3. The maximum Gasteiger partial charge on any atom is 0.227 e. The van der Waals surface area contributed by atoms with Crippen LogP contribution >= 0.6 is 11.8 Å². The highest BCUT2D eigenvalue weighted by Crippen LogP contribution is 2.30. The summed E-state index contributed by atoms with van der Waals surface area (Å²) in [5.74, 6) is 1.55. The van der Waals surface area contributed by atoms with Gasteiger partial charge in [-0.05, 0) is 18.4 Å². The number of carbonyl (C=O) groups is 2. The number of rotatable bonds is 4. The van der Waals surface area contributed by atoms with E-state index in [9.17, 15) is 9.59 Å². The number of aryl methyl sites for hydroxylation is 1. The molecule has 0 aliphatic carbocycles. The lowest BCUT2D eigenvalue weighted by molar-refractivity contribution is -0.117. The van der Waals surface area contributed by atoms with Gasteiger partial charge in [0.2, 0.25) is 11.8 Å². The molecule has 1 saturated heterocycles. The monoisotopic (exact) mass is 294 g/mol. The molecule has 1 atom stereocenters. The lowest BCUT2D eigenvalue weighted by Gasteiger charge is -2.19. The minimum Gasteiger partial charge on any atom is -0.481 e. The van der Waals surface area contributed by atoms with Crippen molar-refractivity contribution in [3.8, 4) is 5.88 Å². The first-order chi connectivity index (χ1) is 9.51. The molecule has 0 aromatic carbocycles. The Labute approximate surface area is 122 Å². The van der Waals surface area contributed by atoms with Gasteiger partial charge in [-0.1, -0.05) is 11.8 Å². The summed E-state index contributed by atoms with van der Waals surface area (Å²) in [4.78, 5) is 29.0. The Morgan fingerprint density at radius 3 is 2.95 bits per heavy atom. The van der Waals surface area contributed by atoms with Gasteiger partial charge >= 0.3 is 0 Å². The molecule has 20 heavy (non-hydrogen) atoms. The number of hydrogen-bond acceptors (Lipinski definition) is 5. The SMILES string of the molecule is COc1cc(C)c(N2CC(CSC(C)=O)CC2=O)cn1. The fourth-order valence-corrected chi connectivity index (χ4v) is 2.97. The van der Waals surface area contributed by atoms with Gasteiger partial charge in [0.1, 0.15) is 0 Å². The third kappa shape index (κ3) is 3.30. The first kappa shape index (κ1) is 14.8. The predicted octanol–water partition coefficient (Wildman–Crippen LogP) is 2.03. The summed E-state index contributed by atoms with van der Waals surface area (Å²) < 4.78 is 5.07. The fourth-order valence-electron chi connectivity index (χ4n) is 2.28. The van der Waals surface area contributed by atoms with Gasteiger partial charge in [0.25, 0.3) is 0 Å². The average Bonchev–Trinajstić information content (AvgIpc) is 2.77. The molecule has 0 saturated carbocycles. The van der Waals surface area contributed by atoms with Gasteiger partial charge in [-0.25, -0.2) is 4.98 Å². The van der Waals surface area contributed by atoms with Crippen molar-refractivity contribution < 1.29 is 14.3 Å². The van der Waals surface area contributed by atoms with Crippen LogP contribution in [0.4, 0.5) is 5.69 Å². The van der Waals surface area contributed by atoms with E-state index in [1.54, 1.807) is 25.1 Å². The van der Waals surface area contributed by atoms with Gasteiger partial charge in [0, 0.05) is 31.7 Å². The highest BCUT2D eigenvalue weighted by atomic mass is 32.2. The van der Waals surface area contributed by atoms with Crippen molar-refractivity contribution in [1.82, 2.24) is 4.98 Å². The lowest BCUT2D eigenvalue weighted by atomic mass is 10.1. The molecule has 0 bridgehead atoms. The Morgan fingerprint density at radius 2 is 2.35 bits per heavy atom. The van der Waals surface area contributed by atoms with Crippen molar-refractivity contribution in [2.24, 2.45) is 5.92 Å². The maximum atomic E-state index is 12.1. The van der Waals surface area contributed by atoms with E-state index in [-0.39, 0.29) is 16.9 Å². The van der Waals surface area contributed by atoms with Crippen LogP contribution in [-0.4, -0.2) is 35.4 Å². The van der Waals surface area contributed by atoms with Gasteiger partial charge < -0.3 is 9.64 Å². The van der Waals surface area contributed by atoms with Crippen LogP contribution in [0.1, 0.15) is 18.9 Å². The number of carbonyl (C=O) groups excluding carboxylic acids is 2. The predicted molar refractivity (Wildman–Crippen MR) is 79.1 cm³/mol. The molecule has 0 radical (unpaired) electrons. The number of amides is 1. The molecule has 108 valence electrons. The minimum atomic E-state index is 0.0919. The Balaban J connectivity index is 2.09. The summed E-state index contributed by atoms with van der Waals surface area (Å²) in [6.45, 7) is 4.13. The third-order valence-electron chi connectivity index (χ3n) is 3.29. The van der Waals surface area contributed by atoms with Crippen LogP contribution in [0.15, 0.2) is 12.3 Å². The van der Waals surface area contributed by atoms with Crippen LogP contribution in [0.25, 0.3) is 0 Å². The Hall–Kier alpha value is -1.56. The van der Waals surface area contributed by atoms with Crippen LogP contribution in [0.5, 0.6) is 5.88 Å². The molecule has 0 spiro atoms. The number of thioether (sulfide) groups is 1. The first-order valence-electron chi connectivity index (χ1n) is 6.45. The molecule has 1 aliphatic heterocycles. The molecule has 1 aromatic heterocycles. The van der Waals surface area contributed by atoms with Crippen molar-refractivity contribution >= 4 is 28.5 Å². The fraction of sp³-hybridized carbons (Fsp3) is 0.500. The summed E-state index contributed by atoms with van der Waals surface area (Å²) in [5.41, 5.74) is 1.79. The van der Waals surface area contributed by atoms with Gasteiger partial charge in [0.05, 0.1) is 19.0 Å². The first-order valence-corrected chi connectivity index (χ1v) is 7.44. The average molecular weight is 294 g/mol. The quantitative estimate of drug-likeness (QED) is 0.850. The number of ether oxygens (including phenoxy) is 1. The van der Waals surface area contributed by atoms with Crippen LogP contribution < -0.4 is 9.64 Å². The zero-order valence-electron chi connectivity index (χ0n) is 11.9. The molecule has 2 rings (SSSR count). The van der Waals surface area contributed by atoms with E-state index in [2.05, 4.69) is 4.98 Å². The third-order valence-corrected chi connectivity index (χ3v) is 4.33. The Kier molecular flexibility index (Phi) is 4.65. The number of methoxy groups -OCH3 is 1. The molecular weight excluding hydrogens is 276 g/mol. The minimum absolute atomic E-state index is 0.0919. The van der Waals surface area contributed by atoms with Crippen LogP contribution in [-0.2, 0) is 9.59 Å². The maximum absolute atomic E-state index is 12.1. The zero-order chi connectivity index (χ0) is 14.7. The van der Waals surface area contributed by atoms with Gasteiger partial charge in [-0.2, -0.15) is 0 Å². The van der Waals surface area contributed by atoms with Gasteiger partial charge in [0.15, 0.2) is 5.12 Å². The van der Waals surface area contributed by atoms with Crippen molar-refractivity contribution in [3.05, 3.63) is 17.8 Å². The normalized spacial score (nSPS) is 18.4. The van der Waals surface area contributed by atoms with E-state index in [1.807, 2.05) is 13.0 Å². The molecule has 1 amide bonds. The number of anilines is 1. The second kappa shape index (κ2) is 6.26. The molecule has 1 aromatic rings.